The first-order valence-electron chi connectivity index (χ1n) is 7.53. The van der Waals surface area contributed by atoms with Crippen LogP contribution in [-0.2, 0) is 9.59 Å². The second-order valence-electron chi connectivity index (χ2n) is 5.69. The van der Waals surface area contributed by atoms with Gasteiger partial charge in [-0.05, 0) is 43.6 Å². The fourth-order valence-electron chi connectivity index (χ4n) is 2.77. The maximum Gasteiger partial charge on any atom is 0.262 e. The molecule has 0 N–H and O–H groups in total. The maximum absolute atomic E-state index is 12.2. The van der Waals surface area contributed by atoms with Crippen molar-refractivity contribution >= 4 is 45.5 Å². The molecule has 0 radical (unpaired) electrons. The van der Waals surface area contributed by atoms with E-state index < -0.39 is 0 Å². The Hall–Kier alpha value is -1.08. The van der Waals surface area contributed by atoms with Gasteiger partial charge in [0.25, 0.3) is 5.91 Å². The molecule has 0 saturated carbocycles. The molecule has 5 nitrogen and oxygen atoms in total. The van der Waals surface area contributed by atoms with Crippen molar-refractivity contribution in [1.82, 2.24) is 4.90 Å². The van der Waals surface area contributed by atoms with Crippen molar-refractivity contribution in [2.24, 2.45) is 15.9 Å². The number of hydrogen-bond acceptors (Lipinski definition) is 5. The van der Waals surface area contributed by atoms with Crippen molar-refractivity contribution in [1.29, 1.82) is 0 Å². The third-order valence-corrected chi connectivity index (χ3v) is 6.18. The molecule has 1 fully saturated rings. The summed E-state index contributed by atoms with van der Waals surface area (Å²) in [6.07, 6.45) is 3.37. The standard InChI is InChI=1S/C15H19N3O2S2/c1-9-10(2)22-14-12(9)13(20)16-15(17-14)21-8-11(19)18-6-4-3-5-7-18/h12H,3-8H2,1-2H3. The molecule has 0 aromatic carbocycles. The number of allylic oxidation sites excluding steroid dienone is 1. The van der Waals surface area contributed by atoms with Crippen molar-refractivity contribution in [3.63, 3.8) is 0 Å². The quantitative estimate of drug-likeness (QED) is 0.777. The molecule has 0 spiro atoms. The second kappa shape index (κ2) is 6.58. The largest absolute Gasteiger partial charge is 0.342 e. The van der Waals surface area contributed by atoms with Gasteiger partial charge in [0.1, 0.15) is 5.92 Å². The van der Waals surface area contributed by atoms with E-state index in [4.69, 9.17) is 0 Å². The van der Waals surface area contributed by atoms with Crippen LogP contribution in [0.4, 0.5) is 0 Å². The van der Waals surface area contributed by atoms with Gasteiger partial charge in [-0.3, -0.25) is 9.59 Å². The number of piperidine rings is 1. The molecule has 7 heteroatoms. The summed E-state index contributed by atoms with van der Waals surface area (Å²) < 4.78 is 0. The van der Waals surface area contributed by atoms with Gasteiger partial charge in [-0.2, -0.15) is 4.99 Å². The van der Waals surface area contributed by atoms with E-state index in [1.807, 2.05) is 18.7 Å². The fourth-order valence-corrected chi connectivity index (χ4v) is 4.70. The van der Waals surface area contributed by atoms with Gasteiger partial charge < -0.3 is 4.90 Å². The molecule has 2 amide bonds. The highest BCUT2D eigenvalue weighted by Gasteiger charge is 2.36. The lowest BCUT2D eigenvalue weighted by Gasteiger charge is -2.26. The fraction of sp³-hybridized carbons (Fsp3) is 0.600. The molecule has 0 aromatic rings. The molecule has 118 valence electrons. The van der Waals surface area contributed by atoms with Gasteiger partial charge >= 0.3 is 0 Å². The van der Waals surface area contributed by atoms with Gasteiger partial charge in [0.15, 0.2) is 5.17 Å². The maximum atomic E-state index is 12.2. The minimum atomic E-state index is -0.285. The van der Waals surface area contributed by atoms with Crippen LogP contribution in [0.15, 0.2) is 20.5 Å². The van der Waals surface area contributed by atoms with Gasteiger partial charge in [-0.25, -0.2) is 4.99 Å². The summed E-state index contributed by atoms with van der Waals surface area (Å²) in [6, 6.07) is 0. The van der Waals surface area contributed by atoms with E-state index in [0.717, 1.165) is 41.5 Å². The van der Waals surface area contributed by atoms with Crippen LogP contribution < -0.4 is 0 Å². The minimum Gasteiger partial charge on any atom is -0.342 e. The average Bonchev–Trinajstić information content (AvgIpc) is 2.81. The van der Waals surface area contributed by atoms with Crippen LogP contribution in [-0.4, -0.2) is 45.8 Å². The molecule has 1 unspecified atom stereocenters. The first-order valence-corrected chi connectivity index (χ1v) is 9.33. The number of likely N-dealkylation sites (tertiary alicyclic amines) is 1. The summed E-state index contributed by atoms with van der Waals surface area (Å²) in [5, 5.41) is 1.24. The van der Waals surface area contributed by atoms with Gasteiger partial charge in [-0.15, -0.1) is 0 Å². The van der Waals surface area contributed by atoms with Crippen LogP contribution in [0.5, 0.6) is 0 Å². The highest BCUT2D eigenvalue weighted by molar-refractivity contribution is 8.18. The summed E-state index contributed by atoms with van der Waals surface area (Å²) in [5.74, 6) is -0.0115. The Morgan fingerprint density at radius 1 is 1.27 bits per heavy atom. The Morgan fingerprint density at radius 2 is 2.00 bits per heavy atom. The van der Waals surface area contributed by atoms with Gasteiger partial charge in [-0.1, -0.05) is 23.5 Å². The summed E-state index contributed by atoms with van der Waals surface area (Å²) in [4.78, 5) is 35.9. The molecule has 3 aliphatic rings. The van der Waals surface area contributed by atoms with Crippen molar-refractivity contribution in [2.45, 2.75) is 33.1 Å². The Morgan fingerprint density at radius 3 is 2.73 bits per heavy atom. The third kappa shape index (κ3) is 3.15. The molecule has 22 heavy (non-hydrogen) atoms. The Labute approximate surface area is 138 Å². The average molecular weight is 337 g/mol. The van der Waals surface area contributed by atoms with E-state index in [-0.39, 0.29) is 17.7 Å². The molecule has 0 bridgehead atoms. The van der Waals surface area contributed by atoms with Crippen LogP contribution in [0.2, 0.25) is 0 Å². The van der Waals surface area contributed by atoms with Crippen molar-refractivity contribution in [3.05, 3.63) is 10.5 Å². The molecule has 0 aliphatic carbocycles. The minimum absolute atomic E-state index is 0.117. The van der Waals surface area contributed by atoms with E-state index in [1.165, 1.54) is 18.2 Å². The normalized spacial score (nSPS) is 25.1. The lowest BCUT2D eigenvalue weighted by Crippen LogP contribution is -2.37. The number of thioether (sulfide) groups is 2. The molecule has 1 saturated heterocycles. The molecule has 3 heterocycles. The number of hydrogen-bond donors (Lipinski definition) is 0. The third-order valence-electron chi connectivity index (χ3n) is 4.19. The van der Waals surface area contributed by atoms with E-state index in [2.05, 4.69) is 9.98 Å². The van der Waals surface area contributed by atoms with Gasteiger partial charge in [0, 0.05) is 13.1 Å². The molecule has 3 rings (SSSR count). The van der Waals surface area contributed by atoms with Crippen LogP contribution >= 0.6 is 23.5 Å². The Balaban J connectivity index is 1.60. The molecular weight excluding hydrogens is 318 g/mol. The lowest BCUT2D eigenvalue weighted by molar-refractivity contribution is -0.129. The van der Waals surface area contributed by atoms with E-state index in [9.17, 15) is 9.59 Å². The van der Waals surface area contributed by atoms with Crippen LogP contribution in [0.3, 0.4) is 0 Å². The number of rotatable bonds is 2. The summed E-state index contributed by atoms with van der Waals surface area (Å²) >= 11 is 2.82. The number of fused-ring (bicyclic) bond motifs is 1. The van der Waals surface area contributed by atoms with Crippen molar-refractivity contribution < 1.29 is 9.59 Å². The number of carbonyl (C=O) groups excluding carboxylic acids is 2. The monoisotopic (exact) mass is 337 g/mol. The number of aliphatic imine (C=N–C) groups is 2. The summed E-state index contributed by atoms with van der Waals surface area (Å²) in [5.41, 5.74) is 1.05. The van der Waals surface area contributed by atoms with Gasteiger partial charge in [0.05, 0.1) is 10.8 Å². The SMILES string of the molecule is CC1=C(C)C2C(=O)N=C(SCC(=O)N3CCCCC3)N=C2S1. The molecular formula is C15H19N3O2S2. The first kappa shape index (κ1) is 15.8. The summed E-state index contributed by atoms with van der Waals surface area (Å²) in [6.45, 7) is 5.65. The predicted molar refractivity (Wildman–Crippen MR) is 92.2 cm³/mol. The predicted octanol–water partition coefficient (Wildman–Crippen LogP) is 2.68. The molecule has 1 atom stereocenters. The van der Waals surface area contributed by atoms with Crippen LogP contribution in [0.1, 0.15) is 33.1 Å². The number of amidine groups is 1. The number of carbonyl (C=O) groups is 2. The summed E-state index contributed by atoms with van der Waals surface area (Å²) in [7, 11) is 0. The number of nitrogens with zero attached hydrogens (tertiary/aromatic N) is 3. The lowest BCUT2D eigenvalue weighted by atomic mass is 10.0. The topological polar surface area (TPSA) is 62.1 Å². The Kier molecular flexibility index (Phi) is 4.73. The smallest absolute Gasteiger partial charge is 0.262 e. The number of amides is 2. The van der Waals surface area contributed by atoms with Crippen molar-refractivity contribution in [3.8, 4) is 0 Å². The zero-order valence-corrected chi connectivity index (χ0v) is 14.4. The van der Waals surface area contributed by atoms with Gasteiger partial charge in [0.2, 0.25) is 5.91 Å². The van der Waals surface area contributed by atoms with Crippen LogP contribution in [0, 0.1) is 5.92 Å². The second-order valence-corrected chi connectivity index (χ2v) is 7.86. The first-order chi connectivity index (χ1) is 10.6. The Bertz CT molecular complexity index is 604. The zero-order valence-electron chi connectivity index (χ0n) is 12.8. The highest BCUT2D eigenvalue weighted by atomic mass is 32.2. The van der Waals surface area contributed by atoms with Crippen molar-refractivity contribution in [2.75, 3.05) is 18.8 Å². The van der Waals surface area contributed by atoms with E-state index in [1.54, 1.807) is 11.8 Å². The highest BCUT2D eigenvalue weighted by Crippen LogP contribution is 2.40. The van der Waals surface area contributed by atoms with Crippen LogP contribution in [0.25, 0.3) is 0 Å². The molecule has 3 aliphatic heterocycles. The van der Waals surface area contributed by atoms with E-state index >= 15 is 0 Å². The zero-order chi connectivity index (χ0) is 15.7. The molecule has 0 aromatic heterocycles. The van der Waals surface area contributed by atoms with E-state index in [0.29, 0.717) is 10.9 Å².